The van der Waals surface area contributed by atoms with Crippen molar-refractivity contribution in [2.45, 2.75) is 44.7 Å². The molecule has 0 N–H and O–H groups in total. The van der Waals surface area contributed by atoms with Crippen LogP contribution in [0.2, 0.25) is 0 Å². The van der Waals surface area contributed by atoms with Crippen molar-refractivity contribution < 1.29 is 18.0 Å². The number of piperidine rings is 1. The number of alkyl halides is 3. The Balaban J connectivity index is 2.17. The third-order valence-electron chi connectivity index (χ3n) is 2.56. The van der Waals surface area contributed by atoms with Crippen molar-refractivity contribution in [3.05, 3.63) is 0 Å². The molecule has 0 spiro atoms. The Morgan fingerprint density at radius 2 is 1.73 bits per heavy atom. The summed E-state index contributed by atoms with van der Waals surface area (Å²) < 4.78 is 35.5. The summed E-state index contributed by atoms with van der Waals surface area (Å²) in [5.74, 6) is -0.126. The fourth-order valence-corrected chi connectivity index (χ4v) is 1.74. The quantitative estimate of drug-likeness (QED) is 0.720. The summed E-state index contributed by atoms with van der Waals surface area (Å²) in [6.45, 7) is 1.43. The molecule has 1 fully saturated rings. The minimum Gasteiger partial charge on any atom is -0.343 e. The summed E-state index contributed by atoms with van der Waals surface area (Å²) in [4.78, 5) is 13.1. The molecule has 1 aliphatic heterocycles. The van der Waals surface area contributed by atoms with Gasteiger partial charge in [0.2, 0.25) is 5.91 Å². The predicted molar refractivity (Wildman–Crippen MR) is 50.3 cm³/mol. The summed E-state index contributed by atoms with van der Waals surface area (Å²) in [5.41, 5.74) is 0. The van der Waals surface area contributed by atoms with E-state index in [1.54, 1.807) is 4.90 Å². The molecule has 1 aliphatic rings. The van der Waals surface area contributed by atoms with Gasteiger partial charge in [-0.3, -0.25) is 4.79 Å². The van der Waals surface area contributed by atoms with E-state index >= 15 is 0 Å². The molecule has 0 aliphatic carbocycles. The number of likely N-dealkylation sites (tertiary alicyclic amines) is 1. The molecule has 5 heteroatoms. The number of hydrogen-bond donors (Lipinski definition) is 0. The highest BCUT2D eigenvalue weighted by Crippen LogP contribution is 2.22. The van der Waals surface area contributed by atoms with Crippen LogP contribution in [-0.4, -0.2) is 30.1 Å². The van der Waals surface area contributed by atoms with E-state index in [0.29, 0.717) is 13.1 Å². The highest BCUT2D eigenvalue weighted by Gasteiger charge is 2.27. The zero-order valence-corrected chi connectivity index (χ0v) is 8.65. The van der Waals surface area contributed by atoms with Gasteiger partial charge in [0.1, 0.15) is 0 Å². The van der Waals surface area contributed by atoms with E-state index in [4.69, 9.17) is 0 Å². The number of rotatable bonds is 3. The predicted octanol–water partition coefficient (Wildman–Crippen LogP) is 2.73. The molecular formula is C10H16F3NO. The van der Waals surface area contributed by atoms with Crippen molar-refractivity contribution in [3.63, 3.8) is 0 Å². The Morgan fingerprint density at radius 3 is 2.27 bits per heavy atom. The largest absolute Gasteiger partial charge is 0.389 e. The third kappa shape index (κ3) is 5.04. The lowest BCUT2D eigenvalue weighted by molar-refractivity contribution is -0.140. The first-order valence-corrected chi connectivity index (χ1v) is 5.33. The van der Waals surface area contributed by atoms with Crippen molar-refractivity contribution in [2.75, 3.05) is 13.1 Å². The van der Waals surface area contributed by atoms with Gasteiger partial charge in [-0.2, -0.15) is 13.2 Å². The van der Waals surface area contributed by atoms with Crippen molar-refractivity contribution in [3.8, 4) is 0 Å². The van der Waals surface area contributed by atoms with Crippen molar-refractivity contribution in [1.29, 1.82) is 0 Å². The SMILES string of the molecule is O=C(CCCC(F)(F)F)N1CCCCC1. The molecule has 15 heavy (non-hydrogen) atoms. The molecule has 0 aromatic rings. The molecule has 0 atom stereocenters. The number of amides is 1. The number of halogens is 3. The Hall–Kier alpha value is -0.740. The van der Waals surface area contributed by atoms with Gasteiger partial charge in [0.25, 0.3) is 0 Å². The van der Waals surface area contributed by atoms with Gasteiger partial charge in [0.15, 0.2) is 0 Å². The lowest BCUT2D eigenvalue weighted by atomic mass is 10.1. The van der Waals surface area contributed by atoms with Gasteiger partial charge in [0, 0.05) is 25.9 Å². The Bertz CT molecular complexity index is 209. The fourth-order valence-electron chi connectivity index (χ4n) is 1.74. The van der Waals surface area contributed by atoms with Gasteiger partial charge in [-0.15, -0.1) is 0 Å². The molecule has 1 heterocycles. The van der Waals surface area contributed by atoms with Crippen molar-refractivity contribution >= 4 is 5.91 Å². The van der Waals surface area contributed by atoms with Gasteiger partial charge in [-0.05, 0) is 25.7 Å². The van der Waals surface area contributed by atoms with Crippen LogP contribution in [0.25, 0.3) is 0 Å². The van der Waals surface area contributed by atoms with Gasteiger partial charge < -0.3 is 4.90 Å². The average molecular weight is 223 g/mol. The maximum atomic E-state index is 11.8. The lowest BCUT2D eigenvalue weighted by Crippen LogP contribution is -2.35. The van der Waals surface area contributed by atoms with E-state index in [1.165, 1.54) is 0 Å². The smallest absolute Gasteiger partial charge is 0.343 e. The van der Waals surface area contributed by atoms with Crippen LogP contribution in [0, 0.1) is 0 Å². The summed E-state index contributed by atoms with van der Waals surface area (Å²) in [6.07, 6.45) is -1.98. The highest BCUT2D eigenvalue weighted by atomic mass is 19.4. The molecule has 0 unspecified atom stereocenters. The minimum atomic E-state index is -4.14. The second kappa shape index (κ2) is 5.37. The van der Waals surface area contributed by atoms with Crippen LogP contribution >= 0.6 is 0 Å². The van der Waals surface area contributed by atoms with Gasteiger partial charge in [-0.25, -0.2) is 0 Å². The molecular weight excluding hydrogens is 207 g/mol. The van der Waals surface area contributed by atoms with Crippen LogP contribution < -0.4 is 0 Å². The van der Waals surface area contributed by atoms with E-state index in [2.05, 4.69) is 0 Å². The molecule has 2 nitrogen and oxygen atoms in total. The van der Waals surface area contributed by atoms with E-state index in [1.807, 2.05) is 0 Å². The van der Waals surface area contributed by atoms with E-state index in [-0.39, 0.29) is 18.7 Å². The number of nitrogens with zero attached hydrogens (tertiary/aromatic N) is 1. The molecule has 0 radical (unpaired) electrons. The van der Waals surface area contributed by atoms with Gasteiger partial charge >= 0.3 is 6.18 Å². The zero-order valence-electron chi connectivity index (χ0n) is 8.65. The van der Waals surface area contributed by atoms with Crippen LogP contribution in [0.3, 0.4) is 0 Å². The highest BCUT2D eigenvalue weighted by molar-refractivity contribution is 5.76. The molecule has 1 saturated heterocycles. The normalized spacial score (nSPS) is 17.9. The zero-order chi connectivity index (χ0) is 11.3. The summed E-state index contributed by atoms with van der Waals surface area (Å²) in [5, 5.41) is 0. The maximum absolute atomic E-state index is 11.8. The van der Waals surface area contributed by atoms with Gasteiger partial charge in [-0.1, -0.05) is 0 Å². The van der Waals surface area contributed by atoms with Crippen molar-refractivity contribution in [1.82, 2.24) is 4.90 Å². The molecule has 88 valence electrons. The molecule has 0 saturated carbocycles. The molecule has 1 amide bonds. The second-order valence-electron chi connectivity index (χ2n) is 3.91. The third-order valence-corrected chi connectivity index (χ3v) is 2.56. The average Bonchev–Trinajstić information content (AvgIpc) is 2.17. The van der Waals surface area contributed by atoms with Crippen LogP contribution in [-0.2, 0) is 4.79 Å². The molecule has 0 aromatic carbocycles. The maximum Gasteiger partial charge on any atom is 0.389 e. The first-order valence-electron chi connectivity index (χ1n) is 5.33. The first-order chi connectivity index (χ1) is 6.99. The number of carbonyl (C=O) groups is 1. The summed E-state index contributed by atoms with van der Waals surface area (Å²) >= 11 is 0. The van der Waals surface area contributed by atoms with E-state index in [0.717, 1.165) is 19.3 Å². The van der Waals surface area contributed by atoms with Crippen LogP contribution in [0.1, 0.15) is 38.5 Å². The van der Waals surface area contributed by atoms with Crippen LogP contribution in [0.5, 0.6) is 0 Å². The van der Waals surface area contributed by atoms with Gasteiger partial charge in [0.05, 0.1) is 0 Å². The Morgan fingerprint density at radius 1 is 1.13 bits per heavy atom. The van der Waals surface area contributed by atoms with E-state index < -0.39 is 12.6 Å². The number of carbonyl (C=O) groups excluding carboxylic acids is 1. The number of hydrogen-bond acceptors (Lipinski definition) is 1. The van der Waals surface area contributed by atoms with Crippen LogP contribution in [0.4, 0.5) is 13.2 Å². The fraction of sp³-hybridized carbons (Fsp3) is 0.900. The molecule has 0 bridgehead atoms. The lowest BCUT2D eigenvalue weighted by Gasteiger charge is -2.26. The Kier molecular flexibility index (Phi) is 4.42. The van der Waals surface area contributed by atoms with Crippen LogP contribution in [0.15, 0.2) is 0 Å². The Labute approximate surface area is 87.4 Å². The van der Waals surface area contributed by atoms with Crippen molar-refractivity contribution in [2.24, 2.45) is 0 Å². The molecule has 1 rings (SSSR count). The standard InChI is InChI=1S/C10H16F3NO/c11-10(12,13)6-4-5-9(15)14-7-2-1-3-8-14/h1-8H2. The minimum absolute atomic E-state index is 0.0273. The monoisotopic (exact) mass is 223 g/mol. The summed E-state index contributed by atoms with van der Waals surface area (Å²) in [7, 11) is 0. The topological polar surface area (TPSA) is 20.3 Å². The molecule has 0 aromatic heterocycles. The summed E-state index contributed by atoms with van der Waals surface area (Å²) in [6, 6.07) is 0. The van der Waals surface area contributed by atoms with E-state index in [9.17, 15) is 18.0 Å². The first kappa shape index (κ1) is 12.3. The second-order valence-corrected chi connectivity index (χ2v) is 3.91.